The normalized spacial score (nSPS) is 9.54. The average molecular weight is 172 g/mol. The molecular weight excluding hydrogens is 164 g/mol. The number of aromatic nitrogens is 3. The van der Waals surface area contributed by atoms with Crippen LogP contribution in [0.3, 0.4) is 0 Å². The third-order valence-electron chi connectivity index (χ3n) is 1.50. The van der Waals surface area contributed by atoms with Crippen molar-refractivity contribution in [2.24, 2.45) is 0 Å². The summed E-state index contributed by atoms with van der Waals surface area (Å²) in [6.45, 7) is 0. The van der Waals surface area contributed by atoms with E-state index in [1.54, 1.807) is 30.9 Å². The highest BCUT2D eigenvalue weighted by atomic mass is 15.1. The molecule has 0 aliphatic rings. The van der Waals surface area contributed by atoms with E-state index in [0.717, 1.165) is 5.69 Å². The van der Waals surface area contributed by atoms with Crippen molar-refractivity contribution in [3.8, 4) is 0 Å². The van der Waals surface area contributed by atoms with Gasteiger partial charge in [-0.05, 0) is 18.2 Å². The quantitative estimate of drug-likeness (QED) is 0.747. The lowest BCUT2D eigenvalue weighted by Gasteiger charge is -2.01. The Bertz CT molecular complexity index is 322. The molecule has 2 aromatic rings. The van der Waals surface area contributed by atoms with Gasteiger partial charge in [0.15, 0.2) is 0 Å². The predicted molar refractivity (Wildman–Crippen MR) is 49.6 cm³/mol. The Morgan fingerprint density at radius 3 is 2.31 bits per heavy atom. The van der Waals surface area contributed by atoms with Gasteiger partial charge in [-0.1, -0.05) is 0 Å². The van der Waals surface area contributed by atoms with Gasteiger partial charge in [0.1, 0.15) is 0 Å². The first-order valence-corrected chi connectivity index (χ1v) is 3.89. The van der Waals surface area contributed by atoms with Crippen LogP contribution in [0, 0.1) is 0 Å². The Morgan fingerprint density at radius 2 is 1.62 bits per heavy atom. The molecule has 4 nitrogen and oxygen atoms in total. The maximum Gasteiger partial charge on any atom is 0.227 e. The van der Waals surface area contributed by atoms with Gasteiger partial charge in [0.05, 0.1) is 0 Å². The molecule has 0 unspecified atom stereocenters. The van der Waals surface area contributed by atoms with Crippen LogP contribution >= 0.6 is 0 Å². The largest absolute Gasteiger partial charge is 0.324 e. The molecule has 0 amide bonds. The Hall–Kier alpha value is -1.97. The zero-order valence-electron chi connectivity index (χ0n) is 6.88. The lowest BCUT2D eigenvalue weighted by molar-refractivity contribution is 1.16. The molecule has 0 spiro atoms. The van der Waals surface area contributed by atoms with Gasteiger partial charge in [-0.15, -0.1) is 0 Å². The standard InChI is InChI=1S/C9H8N4/c1-4-11-9(12-5-1)13-8-2-6-10-7-3-8/h1-7H,(H,10,11,12,13). The van der Waals surface area contributed by atoms with E-state index in [4.69, 9.17) is 0 Å². The van der Waals surface area contributed by atoms with Crippen LogP contribution < -0.4 is 5.32 Å². The number of hydrogen-bond donors (Lipinski definition) is 1. The number of nitrogens with zero attached hydrogens (tertiary/aromatic N) is 3. The van der Waals surface area contributed by atoms with E-state index in [0.29, 0.717) is 5.95 Å². The van der Waals surface area contributed by atoms with Crippen LogP contribution in [0.2, 0.25) is 0 Å². The van der Waals surface area contributed by atoms with E-state index in [1.807, 2.05) is 12.1 Å². The molecule has 4 heteroatoms. The second kappa shape index (κ2) is 3.62. The van der Waals surface area contributed by atoms with Crippen molar-refractivity contribution >= 4 is 11.6 Å². The number of rotatable bonds is 2. The second-order valence-electron chi connectivity index (χ2n) is 2.43. The van der Waals surface area contributed by atoms with Gasteiger partial charge in [0, 0.05) is 30.5 Å². The van der Waals surface area contributed by atoms with Gasteiger partial charge in [-0.3, -0.25) is 4.98 Å². The van der Waals surface area contributed by atoms with Crippen LogP contribution in [-0.4, -0.2) is 15.0 Å². The summed E-state index contributed by atoms with van der Waals surface area (Å²) in [4.78, 5) is 12.0. The van der Waals surface area contributed by atoms with Crippen LogP contribution in [-0.2, 0) is 0 Å². The third kappa shape index (κ3) is 1.99. The van der Waals surface area contributed by atoms with Crippen molar-refractivity contribution in [3.63, 3.8) is 0 Å². The van der Waals surface area contributed by atoms with Gasteiger partial charge >= 0.3 is 0 Å². The molecular formula is C9H8N4. The molecule has 0 saturated carbocycles. The molecule has 13 heavy (non-hydrogen) atoms. The Balaban J connectivity index is 2.16. The Morgan fingerprint density at radius 1 is 0.923 bits per heavy atom. The van der Waals surface area contributed by atoms with Gasteiger partial charge < -0.3 is 5.32 Å². The monoisotopic (exact) mass is 172 g/mol. The minimum absolute atomic E-state index is 0.591. The average Bonchev–Trinajstić information content (AvgIpc) is 2.21. The molecule has 0 aromatic carbocycles. The lowest BCUT2D eigenvalue weighted by Crippen LogP contribution is -1.94. The fraction of sp³-hybridized carbons (Fsp3) is 0. The van der Waals surface area contributed by atoms with Gasteiger partial charge in [0.2, 0.25) is 5.95 Å². The number of hydrogen-bond acceptors (Lipinski definition) is 4. The third-order valence-corrected chi connectivity index (χ3v) is 1.50. The first-order chi connectivity index (χ1) is 6.45. The molecule has 2 aromatic heterocycles. The van der Waals surface area contributed by atoms with Crippen molar-refractivity contribution in [3.05, 3.63) is 43.0 Å². The highest BCUT2D eigenvalue weighted by Gasteiger charge is 1.93. The summed E-state index contributed by atoms with van der Waals surface area (Å²) in [5.74, 6) is 0.591. The summed E-state index contributed by atoms with van der Waals surface area (Å²) >= 11 is 0. The summed E-state index contributed by atoms with van der Waals surface area (Å²) in [6.07, 6.45) is 6.81. The zero-order chi connectivity index (χ0) is 8.93. The zero-order valence-corrected chi connectivity index (χ0v) is 6.88. The SMILES string of the molecule is c1cnc(Nc2ccncc2)nc1. The van der Waals surface area contributed by atoms with Gasteiger partial charge in [-0.25, -0.2) is 9.97 Å². The summed E-state index contributed by atoms with van der Waals surface area (Å²) in [7, 11) is 0. The fourth-order valence-corrected chi connectivity index (χ4v) is 0.928. The Labute approximate surface area is 75.7 Å². The molecule has 0 aliphatic carbocycles. The summed E-state index contributed by atoms with van der Waals surface area (Å²) in [6, 6.07) is 5.49. The minimum Gasteiger partial charge on any atom is -0.324 e. The number of anilines is 2. The minimum atomic E-state index is 0.591. The summed E-state index contributed by atoms with van der Waals surface area (Å²) < 4.78 is 0. The summed E-state index contributed by atoms with van der Waals surface area (Å²) in [5.41, 5.74) is 0.932. The van der Waals surface area contributed by atoms with Crippen LogP contribution in [0.15, 0.2) is 43.0 Å². The van der Waals surface area contributed by atoms with Crippen molar-refractivity contribution in [2.45, 2.75) is 0 Å². The molecule has 2 heterocycles. The molecule has 1 N–H and O–H groups in total. The maximum atomic E-state index is 4.03. The summed E-state index contributed by atoms with van der Waals surface area (Å²) in [5, 5.41) is 3.04. The topological polar surface area (TPSA) is 50.7 Å². The first-order valence-electron chi connectivity index (χ1n) is 3.89. The van der Waals surface area contributed by atoms with Crippen LogP contribution in [0.25, 0.3) is 0 Å². The van der Waals surface area contributed by atoms with Gasteiger partial charge in [0.25, 0.3) is 0 Å². The molecule has 0 fully saturated rings. The van der Waals surface area contributed by atoms with E-state index < -0.39 is 0 Å². The fourth-order valence-electron chi connectivity index (χ4n) is 0.928. The van der Waals surface area contributed by atoms with E-state index in [-0.39, 0.29) is 0 Å². The van der Waals surface area contributed by atoms with Crippen molar-refractivity contribution in [1.29, 1.82) is 0 Å². The lowest BCUT2D eigenvalue weighted by atomic mass is 10.4. The van der Waals surface area contributed by atoms with E-state index >= 15 is 0 Å². The number of nitrogens with one attached hydrogen (secondary N) is 1. The highest BCUT2D eigenvalue weighted by molar-refractivity contribution is 5.51. The molecule has 0 bridgehead atoms. The smallest absolute Gasteiger partial charge is 0.227 e. The molecule has 0 radical (unpaired) electrons. The van der Waals surface area contributed by atoms with Crippen LogP contribution in [0.1, 0.15) is 0 Å². The van der Waals surface area contributed by atoms with Crippen molar-refractivity contribution < 1.29 is 0 Å². The molecule has 64 valence electrons. The molecule has 0 aliphatic heterocycles. The molecule has 2 rings (SSSR count). The maximum absolute atomic E-state index is 4.03. The Kier molecular flexibility index (Phi) is 2.14. The predicted octanol–water partition coefficient (Wildman–Crippen LogP) is 1.62. The van der Waals surface area contributed by atoms with E-state index in [2.05, 4.69) is 20.3 Å². The van der Waals surface area contributed by atoms with Crippen LogP contribution in [0.4, 0.5) is 11.6 Å². The number of pyridine rings is 1. The van der Waals surface area contributed by atoms with Crippen LogP contribution in [0.5, 0.6) is 0 Å². The van der Waals surface area contributed by atoms with Crippen molar-refractivity contribution in [1.82, 2.24) is 15.0 Å². The van der Waals surface area contributed by atoms with E-state index in [9.17, 15) is 0 Å². The van der Waals surface area contributed by atoms with Gasteiger partial charge in [-0.2, -0.15) is 0 Å². The molecule has 0 saturated heterocycles. The first kappa shape index (κ1) is 7.67. The van der Waals surface area contributed by atoms with Crippen molar-refractivity contribution in [2.75, 3.05) is 5.32 Å². The highest BCUT2D eigenvalue weighted by Crippen LogP contribution is 2.08. The molecule has 0 atom stereocenters. The van der Waals surface area contributed by atoms with E-state index in [1.165, 1.54) is 0 Å². The second-order valence-corrected chi connectivity index (χ2v) is 2.43.